The van der Waals surface area contributed by atoms with E-state index in [1.165, 1.54) is 0 Å². The summed E-state index contributed by atoms with van der Waals surface area (Å²) < 4.78 is 0. The van der Waals surface area contributed by atoms with Gasteiger partial charge in [0, 0.05) is 17.9 Å². The van der Waals surface area contributed by atoms with Crippen molar-refractivity contribution in [3.8, 4) is 0 Å². The number of hydrogen-bond donors (Lipinski definition) is 3. The maximum atomic E-state index is 12.0. The zero-order valence-electron chi connectivity index (χ0n) is 12.4. The van der Waals surface area contributed by atoms with Gasteiger partial charge in [-0.3, -0.25) is 9.69 Å². The van der Waals surface area contributed by atoms with Crippen LogP contribution in [0.1, 0.15) is 25.3 Å². The van der Waals surface area contributed by atoms with Crippen molar-refractivity contribution < 1.29 is 9.90 Å². The number of anilines is 2. The SMILES string of the molecule is CCCCN(CCO)CC(=O)Nc1cc(N)ccc1C. The summed E-state index contributed by atoms with van der Waals surface area (Å²) in [6.45, 7) is 5.72. The molecule has 20 heavy (non-hydrogen) atoms. The summed E-state index contributed by atoms with van der Waals surface area (Å²) >= 11 is 0. The van der Waals surface area contributed by atoms with Gasteiger partial charge in [0.05, 0.1) is 13.2 Å². The lowest BCUT2D eigenvalue weighted by atomic mass is 10.2. The molecule has 0 spiro atoms. The lowest BCUT2D eigenvalue weighted by Gasteiger charge is -2.20. The molecule has 0 aliphatic carbocycles. The van der Waals surface area contributed by atoms with Crippen LogP contribution in [0.2, 0.25) is 0 Å². The van der Waals surface area contributed by atoms with Crippen molar-refractivity contribution in [1.82, 2.24) is 4.90 Å². The van der Waals surface area contributed by atoms with Gasteiger partial charge < -0.3 is 16.2 Å². The van der Waals surface area contributed by atoms with Crippen LogP contribution in [0.25, 0.3) is 0 Å². The molecule has 0 heterocycles. The van der Waals surface area contributed by atoms with Crippen LogP contribution < -0.4 is 11.1 Å². The van der Waals surface area contributed by atoms with Crippen LogP contribution in [0, 0.1) is 6.92 Å². The van der Waals surface area contributed by atoms with Gasteiger partial charge in [0.2, 0.25) is 5.91 Å². The Bertz CT molecular complexity index is 435. The van der Waals surface area contributed by atoms with Crippen molar-refractivity contribution >= 4 is 17.3 Å². The molecule has 0 atom stereocenters. The third-order valence-electron chi connectivity index (χ3n) is 3.15. The number of carbonyl (C=O) groups is 1. The van der Waals surface area contributed by atoms with Crippen LogP contribution in [0.3, 0.4) is 0 Å². The van der Waals surface area contributed by atoms with E-state index in [1.807, 2.05) is 24.0 Å². The number of nitrogens with one attached hydrogen (secondary N) is 1. The van der Waals surface area contributed by atoms with Crippen LogP contribution in [-0.2, 0) is 4.79 Å². The highest BCUT2D eigenvalue weighted by Crippen LogP contribution is 2.17. The maximum Gasteiger partial charge on any atom is 0.238 e. The van der Waals surface area contributed by atoms with E-state index in [0.29, 0.717) is 12.2 Å². The molecule has 1 amide bonds. The van der Waals surface area contributed by atoms with Crippen molar-refractivity contribution in [1.29, 1.82) is 0 Å². The molecular weight excluding hydrogens is 254 g/mol. The fraction of sp³-hybridized carbons (Fsp3) is 0.533. The molecule has 0 saturated carbocycles. The second-order valence-corrected chi connectivity index (χ2v) is 4.98. The number of carbonyl (C=O) groups excluding carboxylic acids is 1. The van der Waals surface area contributed by atoms with Gasteiger partial charge in [0.1, 0.15) is 0 Å². The fourth-order valence-electron chi connectivity index (χ4n) is 1.96. The first-order valence-electron chi connectivity index (χ1n) is 7.06. The molecule has 112 valence electrons. The van der Waals surface area contributed by atoms with Gasteiger partial charge in [-0.05, 0) is 37.6 Å². The monoisotopic (exact) mass is 279 g/mol. The number of aryl methyl sites for hydroxylation is 1. The minimum absolute atomic E-state index is 0.0638. The summed E-state index contributed by atoms with van der Waals surface area (Å²) in [5.41, 5.74) is 8.08. The van der Waals surface area contributed by atoms with Gasteiger partial charge >= 0.3 is 0 Å². The highest BCUT2D eigenvalue weighted by molar-refractivity contribution is 5.93. The second-order valence-electron chi connectivity index (χ2n) is 4.98. The number of nitrogens with two attached hydrogens (primary N) is 1. The average molecular weight is 279 g/mol. The van der Waals surface area contributed by atoms with Gasteiger partial charge in [-0.2, -0.15) is 0 Å². The topological polar surface area (TPSA) is 78.6 Å². The molecule has 5 nitrogen and oxygen atoms in total. The van der Waals surface area contributed by atoms with E-state index in [-0.39, 0.29) is 19.1 Å². The first-order valence-corrected chi connectivity index (χ1v) is 7.06. The lowest BCUT2D eigenvalue weighted by molar-refractivity contribution is -0.117. The standard InChI is InChI=1S/C15H25N3O2/c1-3-4-7-18(8-9-19)11-15(20)17-14-10-13(16)6-5-12(14)2/h5-6,10,19H,3-4,7-9,11,16H2,1-2H3,(H,17,20). The Morgan fingerprint density at radius 2 is 2.15 bits per heavy atom. The fourth-order valence-corrected chi connectivity index (χ4v) is 1.96. The number of hydrogen-bond acceptors (Lipinski definition) is 4. The van der Waals surface area contributed by atoms with Gasteiger partial charge in [-0.25, -0.2) is 0 Å². The largest absolute Gasteiger partial charge is 0.399 e. The summed E-state index contributed by atoms with van der Waals surface area (Å²) in [5, 5.41) is 11.9. The minimum Gasteiger partial charge on any atom is -0.399 e. The number of unbranched alkanes of at least 4 members (excludes halogenated alkanes) is 1. The highest BCUT2D eigenvalue weighted by Gasteiger charge is 2.11. The predicted molar refractivity (Wildman–Crippen MR) is 82.7 cm³/mol. The van der Waals surface area contributed by atoms with E-state index in [1.54, 1.807) is 6.07 Å². The van der Waals surface area contributed by atoms with E-state index in [4.69, 9.17) is 10.8 Å². The zero-order chi connectivity index (χ0) is 15.0. The Labute approximate surface area is 120 Å². The molecule has 5 heteroatoms. The maximum absolute atomic E-state index is 12.0. The van der Waals surface area contributed by atoms with Crippen LogP contribution in [0.5, 0.6) is 0 Å². The Balaban J connectivity index is 2.58. The molecule has 0 bridgehead atoms. The quantitative estimate of drug-likeness (QED) is 0.632. The van der Waals surface area contributed by atoms with Crippen LogP contribution >= 0.6 is 0 Å². The molecule has 0 fully saturated rings. The Morgan fingerprint density at radius 3 is 2.80 bits per heavy atom. The number of rotatable bonds is 8. The molecule has 0 saturated heterocycles. The Morgan fingerprint density at radius 1 is 1.40 bits per heavy atom. The van der Waals surface area contributed by atoms with Gasteiger partial charge in [0.25, 0.3) is 0 Å². The molecule has 1 rings (SSSR count). The third-order valence-corrected chi connectivity index (χ3v) is 3.15. The molecule has 1 aromatic carbocycles. The van der Waals surface area contributed by atoms with E-state index in [0.717, 1.165) is 30.6 Å². The van der Waals surface area contributed by atoms with E-state index < -0.39 is 0 Å². The van der Waals surface area contributed by atoms with Gasteiger partial charge in [0.15, 0.2) is 0 Å². The van der Waals surface area contributed by atoms with Crippen LogP contribution in [-0.4, -0.2) is 42.2 Å². The number of nitrogens with zero attached hydrogens (tertiary/aromatic N) is 1. The summed E-state index contributed by atoms with van der Waals surface area (Å²) in [6, 6.07) is 5.45. The van der Waals surface area contributed by atoms with Crippen LogP contribution in [0.4, 0.5) is 11.4 Å². The molecule has 1 aromatic rings. The van der Waals surface area contributed by atoms with Crippen molar-refractivity contribution in [2.24, 2.45) is 0 Å². The highest BCUT2D eigenvalue weighted by atomic mass is 16.3. The summed E-state index contributed by atoms with van der Waals surface area (Å²) in [5.74, 6) is -0.0803. The van der Waals surface area contributed by atoms with Crippen molar-refractivity contribution in [3.05, 3.63) is 23.8 Å². The van der Waals surface area contributed by atoms with Gasteiger partial charge in [-0.15, -0.1) is 0 Å². The number of benzene rings is 1. The number of aliphatic hydroxyl groups excluding tert-OH is 1. The van der Waals surface area contributed by atoms with E-state index in [2.05, 4.69) is 12.2 Å². The Hall–Kier alpha value is -1.59. The summed E-state index contributed by atoms with van der Waals surface area (Å²) in [4.78, 5) is 14.0. The molecule has 4 N–H and O–H groups in total. The van der Waals surface area contributed by atoms with Crippen molar-refractivity contribution in [3.63, 3.8) is 0 Å². The Kier molecular flexibility index (Phi) is 7.04. The first kappa shape index (κ1) is 16.5. The number of amides is 1. The van der Waals surface area contributed by atoms with Crippen molar-refractivity contribution in [2.45, 2.75) is 26.7 Å². The number of aliphatic hydroxyl groups is 1. The summed E-state index contributed by atoms with van der Waals surface area (Å²) in [7, 11) is 0. The molecular formula is C15H25N3O2. The van der Waals surface area contributed by atoms with Gasteiger partial charge in [-0.1, -0.05) is 19.4 Å². The zero-order valence-corrected chi connectivity index (χ0v) is 12.4. The first-order chi connectivity index (χ1) is 9.56. The molecule has 0 aliphatic heterocycles. The predicted octanol–water partition coefficient (Wildman–Crippen LogP) is 1.61. The third kappa shape index (κ3) is 5.59. The average Bonchev–Trinajstić information content (AvgIpc) is 2.40. The van der Waals surface area contributed by atoms with E-state index in [9.17, 15) is 4.79 Å². The molecule has 0 aliphatic rings. The summed E-state index contributed by atoms with van der Waals surface area (Å²) in [6.07, 6.45) is 2.09. The van der Waals surface area contributed by atoms with E-state index >= 15 is 0 Å². The number of nitrogen functional groups attached to an aromatic ring is 1. The second kappa shape index (κ2) is 8.55. The lowest BCUT2D eigenvalue weighted by Crippen LogP contribution is -2.36. The van der Waals surface area contributed by atoms with Crippen molar-refractivity contribution in [2.75, 3.05) is 37.3 Å². The molecule has 0 unspecified atom stereocenters. The normalized spacial score (nSPS) is 10.8. The smallest absolute Gasteiger partial charge is 0.238 e. The molecule has 0 aromatic heterocycles. The van der Waals surface area contributed by atoms with Crippen LogP contribution in [0.15, 0.2) is 18.2 Å². The molecule has 0 radical (unpaired) electrons. The minimum atomic E-state index is -0.0803.